The summed E-state index contributed by atoms with van der Waals surface area (Å²) in [6.07, 6.45) is -3.94. The molecule has 0 bridgehead atoms. The SMILES string of the molecule is COc1cc(S(C)(=O)=O)ccc1NCc1nnc(-c2cc3c(N[C@@H]4CCN(C)C[C@H]4F)cccc3n2CC(F)(F)F)s1. The molecule has 226 valence electrons. The van der Waals surface area contributed by atoms with Gasteiger partial charge in [0.2, 0.25) is 0 Å². The maximum Gasteiger partial charge on any atom is 0.406 e. The van der Waals surface area contributed by atoms with E-state index in [0.717, 1.165) is 22.2 Å². The van der Waals surface area contributed by atoms with Crippen molar-refractivity contribution >= 4 is 43.5 Å². The Morgan fingerprint density at radius 3 is 2.62 bits per heavy atom. The minimum atomic E-state index is -4.49. The Hall–Kier alpha value is -3.43. The second kappa shape index (κ2) is 11.7. The van der Waals surface area contributed by atoms with Gasteiger partial charge in [0, 0.05) is 36.5 Å². The summed E-state index contributed by atoms with van der Waals surface area (Å²) >= 11 is 1.13. The lowest BCUT2D eigenvalue weighted by atomic mass is 10.0. The molecule has 2 aromatic carbocycles. The Morgan fingerprint density at radius 1 is 1.14 bits per heavy atom. The van der Waals surface area contributed by atoms with Crippen LogP contribution in [0.1, 0.15) is 11.4 Å². The zero-order valence-electron chi connectivity index (χ0n) is 23.1. The normalized spacial score (nSPS) is 18.4. The molecule has 5 rings (SSSR count). The van der Waals surface area contributed by atoms with Gasteiger partial charge in [0.25, 0.3) is 0 Å². The highest BCUT2D eigenvalue weighted by Crippen LogP contribution is 2.37. The summed E-state index contributed by atoms with van der Waals surface area (Å²) in [4.78, 5) is 2.01. The van der Waals surface area contributed by atoms with Crippen molar-refractivity contribution in [2.24, 2.45) is 0 Å². The van der Waals surface area contributed by atoms with Gasteiger partial charge in [-0.2, -0.15) is 13.2 Å². The third-order valence-corrected chi connectivity index (χ3v) is 9.14. The maximum absolute atomic E-state index is 14.8. The molecule has 1 saturated heterocycles. The van der Waals surface area contributed by atoms with Gasteiger partial charge in [-0.3, -0.25) is 0 Å². The fourth-order valence-corrected chi connectivity index (χ4v) is 6.44. The highest BCUT2D eigenvalue weighted by Gasteiger charge is 2.32. The molecule has 1 aliphatic rings. The van der Waals surface area contributed by atoms with Crippen LogP contribution in [0.3, 0.4) is 0 Å². The van der Waals surface area contributed by atoms with Gasteiger partial charge in [0.15, 0.2) is 14.8 Å². The molecule has 9 nitrogen and oxygen atoms in total. The van der Waals surface area contributed by atoms with E-state index in [0.29, 0.717) is 51.0 Å². The minimum absolute atomic E-state index is 0.104. The van der Waals surface area contributed by atoms with Crippen molar-refractivity contribution in [1.29, 1.82) is 0 Å². The number of methoxy groups -OCH3 is 1. The average Bonchev–Trinajstić information content (AvgIpc) is 3.53. The topological polar surface area (TPSA) is 101 Å². The number of hydrogen-bond donors (Lipinski definition) is 2. The van der Waals surface area contributed by atoms with Gasteiger partial charge in [0.05, 0.1) is 41.5 Å². The first-order chi connectivity index (χ1) is 19.8. The molecule has 2 atom stereocenters. The molecule has 0 unspecified atom stereocenters. The van der Waals surface area contributed by atoms with E-state index in [4.69, 9.17) is 4.74 Å². The molecule has 15 heteroatoms. The van der Waals surface area contributed by atoms with Crippen molar-refractivity contribution < 1.29 is 30.7 Å². The van der Waals surface area contributed by atoms with E-state index in [1.54, 1.807) is 30.3 Å². The number of alkyl halides is 4. The molecule has 0 aliphatic carbocycles. The molecule has 0 saturated carbocycles. The van der Waals surface area contributed by atoms with Crippen molar-refractivity contribution in [3.8, 4) is 16.5 Å². The maximum atomic E-state index is 14.8. The van der Waals surface area contributed by atoms with Crippen LogP contribution in [0.5, 0.6) is 5.75 Å². The number of nitrogens with zero attached hydrogens (tertiary/aromatic N) is 4. The smallest absolute Gasteiger partial charge is 0.406 e. The van der Waals surface area contributed by atoms with Gasteiger partial charge in [-0.05, 0) is 43.8 Å². The van der Waals surface area contributed by atoms with E-state index >= 15 is 0 Å². The van der Waals surface area contributed by atoms with Crippen LogP contribution in [0.15, 0.2) is 47.4 Å². The molecule has 3 heterocycles. The van der Waals surface area contributed by atoms with Crippen molar-refractivity contribution in [3.05, 3.63) is 47.5 Å². The Bertz CT molecular complexity index is 1690. The standard InChI is InChI=1S/C27H30F4N6O3S2/c1-36-10-9-20(18(28)14-36)33-19-5-4-6-22-17(19)12-23(37(22)15-27(29,30)31)26-35-34-25(41-26)13-32-21-8-7-16(42(3,38)39)11-24(21)40-2/h4-8,11-12,18,20,32-33H,9-10,13-15H2,1-3H3/t18-,20-/m1/s1. The Morgan fingerprint density at radius 2 is 1.93 bits per heavy atom. The second-order valence-corrected chi connectivity index (χ2v) is 13.4. The number of likely N-dealkylation sites (tertiary alicyclic amines) is 1. The lowest BCUT2D eigenvalue weighted by molar-refractivity contribution is -0.139. The molecular formula is C27H30F4N6O3S2. The largest absolute Gasteiger partial charge is 0.495 e. The minimum Gasteiger partial charge on any atom is -0.495 e. The fourth-order valence-electron chi connectivity index (χ4n) is 5.00. The number of fused-ring (bicyclic) bond motifs is 1. The highest BCUT2D eigenvalue weighted by atomic mass is 32.2. The van der Waals surface area contributed by atoms with Crippen LogP contribution in [-0.4, -0.2) is 80.0 Å². The van der Waals surface area contributed by atoms with Gasteiger partial charge >= 0.3 is 6.18 Å². The van der Waals surface area contributed by atoms with E-state index in [2.05, 4.69) is 20.8 Å². The zero-order chi connectivity index (χ0) is 30.2. The summed E-state index contributed by atoms with van der Waals surface area (Å²) in [5, 5.41) is 16.0. The van der Waals surface area contributed by atoms with Gasteiger partial charge in [-0.15, -0.1) is 10.2 Å². The molecule has 0 amide bonds. The van der Waals surface area contributed by atoms with E-state index < -0.39 is 34.8 Å². The van der Waals surface area contributed by atoms with Crippen molar-refractivity contribution in [1.82, 2.24) is 19.7 Å². The van der Waals surface area contributed by atoms with Gasteiger partial charge in [-0.1, -0.05) is 17.4 Å². The molecule has 0 spiro atoms. The number of sulfone groups is 1. The quantitative estimate of drug-likeness (QED) is 0.245. The van der Waals surface area contributed by atoms with Crippen molar-refractivity contribution in [2.45, 2.75) is 42.8 Å². The molecule has 4 aromatic rings. The lowest BCUT2D eigenvalue weighted by Gasteiger charge is -2.33. The number of rotatable bonds is 9. The average molecular weight is 627 g/mol. The highest BCUT2D eigenvalue weighted by molar-refractivity contribution is 7.90. The second-order valence-electron chi connectivity index (χ2n) is 10.3. The predicted octanol–water partition coefficient (Wildman–Crippen LogP) is 5.20. The summed E-state index contributed by atoms with van der Waals surface area (Å²) in [6.45, 7) is -0.0636. The summed E-state index contributed by atoms with van der Waals surface area (Å²) in [5.74, 6) is 0.313. The fraction of sp³-hybridized carbons (Fsp3) is 0.407. The van der Waals surface area contributed by atoms with E-state index in [1.165, 1.54) is 19.2 Å². The molecule has 1 aliphatic heterocycles. The van der Waals surface area contributed by atoms with E-state index in [1.807, 2.05) is 11.9 Å². The monoisotopic (exact) mass is 626 g/mol. The number of anilines is 2. The zero-order valence-corrected chi connectivity index (χ0v) is 24.7. The Kier molecular flexibility index (Phi) is 8.36. The summed E-state index contributed by atoms with van der Waals surface area (Å²) < 4.78 is 86.1. The Labute approximate surface area is 244 Å². The molecule has 42 heavy (non-hydrogen) atoms. The van der Waals surface area contributed by atoms with Crippen molar-refractivity contribution in [2.75, 3.05) is 44.1 Å². The molecule has 2 N–H and O–H groups in total. The summed E-state index contributed by atoms with van der Waals surface area (Å²) in [7, 11) is -0.160. The van der Waals surface area contributed by atoms with E-state index in [9.17, 15) is 26.0 Å². The number of hydrogen-bond acceptors (Lipinski definition) is 9. The van der Waals surface area contributed by atoms with Gasteiger partial charge < -0.3 is 24.8 Å². The number of aromatic nitrogens is 3. The molecular weight excluding hydrogens is 596 g/mol. The van der Waals surface area contributed by atoms with Crippen LogP contribution in [0.4, 0.5) is 28.9 Å². The van der Waals surface area contributed by atoms with Gasteiger partial charge in [-0.25, -0.2) is 12.8 Å². The molecule has 1 fully saturated rings. The van der Waals surface area contributed by atoms with Crippen LogP contribution in [0, 0.1) is 0 Å². The Balaban J connectivity index is 1.44. The van der Waals surface area contributed by atoms with Crippen LogP contribution < -0.4 is 15.4 Å². The number of ether oxygens (including phenoxy) is 1. The van der Waals surface area contributed by atoms with Crippen LogP contribution in [-0.2, 0) is 22.9 Å². The third kappa shape index (κ3) is 6.63. The number of piperidine rings is 1. The van der Waals surface area contributed by atoms with Gasteiger partial charge in [0.1, 0.15) is 23.5 Å². The number of halogens is 4. The number of benzene rings is 2. The summed E-state index contributed by atoms with van der Waals surface area (Å²) in [5.41, 5.74) is 1.67. The van der Waals surface area contributed by atoms with E-state index in [-0.39, 0.29) is 23.7 Å². The molecule has 0 radical (unpaired) electrons. The molecule has 2 aromatic heterocycles. The van der Waals surface area contributed by atoms with Crippen LogP contribution in [0.25, 0.3) is 21.6 Å². The lowest BCUT2D eigenvalue weighted by Crippen LogP contribution is -2.46. The first-order valence-corrected chi connectivity index (χ1v) is 15.8. The van der Waals surface area contributed by atoms with Crippen molar-refractivity contribution in [3.63, 3.8) is 0 Å². The van der Waals surface area contributed by atoms with Crippen LogP contribution in [0.2, 0.25) is 0 Å². The number of nitrogens with one attached hydrogen (secondary N) is 2. The predicted molar refractivity (Wildman–Crippen MR) is 155 cm³/mol. The first kappa shape index (κ1) is 30.0. The summed E-state index contributed by atoms with van der Waals surface area (Å²) in [6, 6.07) is 10.6. The van der Waals surface area contributed by atoms with Crippen LogP contribution >= 0.6 is 11.3 Å². The first-order valence-electron chi connectivity index (χ1n) is 13.1. The third-order valence-electron chi connectivity index (χ3n) is 7.09.